The normalized spacial score (nSPS) is 19.8. The fourth-order valence-corrected chi connectivity index (χ4v) is 2.95. The number of carbonyl (C=O) groups excluding carboxylic acids is 1. The Balaban J connectivity index is 1.82. The van der Waals surface area contributed by atoms with Crippen molar-refractivity contribution in [2.75, 3.05) is 13.1 Å². The van der Waals surface area contributed by atoms with Crippen LogP contribution in [-0.2, 0) is 4.79 Å². The molecule has 1 N–H and O–H groups in total. The molecule has 2 heteroatoms. The van der Waals surface area contributed by atoms with Crippen molar-refractivity contribution in [3.05, 3.63) is 0 Å². The van der Waals surface area contributed by atoms with Crippen LogP contribution in [0.1, 0.15) is 84.0 Å². The maximum absolute atomic E-state index is 11.6. The standard InChI is InChI=1S/C17H33NO/c1-2-3-4-5-6-7-8-9-10-11-12-16-15-18-14-13-17(16)19/h16,18H,2-15H2,1H3. The van der Waals surface area contributed by atoms with Crippen molar-refractivity contribution >= 4 is 5.78 Å². The zero-order valence-corrected chi connectivity index (χ0v) is 12.9. The van der Waals surface area contributed by atoms with Gasteiger partial charge in [-0.3, -0.25) is 4.79 Å². The molecule has 0 spiro atoms. The van der Waals surface area contributed by atoms with E-state index in [9.17, 15) is 4.79 Å². The Labute approximate surface area is 119 Å². The summed E-state index contributed by atoms with van der Waals surface area (Å²) in [6.45, 7) is 4.09. The molecule has 2 nitrogen and oxygen atoms in total. The third-order valence-electron chi connectivity index (χ3n) is 4.30. The predicted molar refractivity (Wildman–Crippen MR) is 82.4 cm³/mol. The highest BCUT2D eigenvalue weighted by molar-refractivity contribution is 5.82. The Morgan fingerprint density at radius 1 is 0.947 bits per heavy atom. The maximum Gasteiger partial charge on any atom is 0.138 e. The molecule has 1 fully saturated rings. The van der Waals surface area contributed by atoms with Gasteiger partial charge in [-0.25, -0.2) is 0 Å². The summed E-state index contributed by atoms with van der Waals surface area (Å²) in [5, 5.41) is 3.33. The van der Waals surface area contributed by atoms with Gasteiger partial charge in [-0.2, -0.15) is 0 Å². The zero-order chi connectivity index (χ0) is 13.8. The first kappa shape index (κ1) is 16.7. The molecule has 1 saturated heterocycles. The number of nitrogens with one attached hydrogen (secondary N) is 1. The van der Waals surface area contributed by atoms with Crippen LogP contribution in [0.5, 0.6) is 0 Å². The fourth-order valence-electron chi connectivity index (χ4n) is 2.95. The van der Waals surface area contributed by atoms with Gasteiger partial charge in [0.2, 0.25) is 0 Å². The Kier molecular flexibility index (Phi) is 10.1. The minimum Gasteiger partial charge on any atom is -0.316 e. The lowest BCUT2D eigenvalue weighted by molar-refractivity contribution is -0.124. The van der Waals surface area contributed by atoms with Crippen LogP contribution in [0.15, 0.2) is 0 Å². The van der Waals surface area contributed by atoms with E-state index in [2.05, 4.69) is 12.2 Å². The van der Waals surface area contributed by atoms with Crippen LogP contribution in [0.25, 0.3) is 0 Å². The number of unbranched alkanes of at least 4 members (excludes halogenated alkanes) is 9. The SMILES string of the molecule is CCCCCCCCCCCCC1CNCCC1=O. The van der Waals surface area contributed by atoms with Gasteiger partial charge in [0.05, 0.1) is 0 Å². The number of hydrogen-bond donors (Lipinski definition) is 1. The second-order valence-corrected chi connectivity index (χ2v) is 6.09. The van der Waals surface area contributed by atoms with E-state index < -0.39 is 0 Å². The Bertz CT molecular complexity index is 227. The summed E-state index contributed by atoms with van der Waals surface area (Å²) in [5.74, 6) is 0.817. The molecule has 0 amide bonds. The van der Waals surface area contributed by atoms with E-state index in [-0.39, 0.29) is 0 Å². The number of ketones is 1. The van der Waals surface area contributed by atoms with Crippen molar-refractivity contribution in [2.24, 2.45) is 5.92 Å². The van der Waals surface area contributed by atoms with E-state index in [0.717, 1.165) is 25.9 Å². The fraction of sp³-hybridized carbons (Fsp3) is 0.941. The van der Waals surface area contributed by atoms with Crippen LogP contribution in [0, 0.1) is 5.92 Å². The smallest absolute Gasteiger partial charge is 0.138 e. The summed E-state index contributed by atoms with van der Waals surface area (Å²) < 4.78 is 0. The molecule has 1 aliphatic rings. The lowest BCUT2D eigenvalue weighted by Gasteiger charge is -2.21. The Morgan fingerprint density at radius 2 is 1.53 bits per heavy atom. The number of Topliss-reactive ketones (excluding diaryl/α,β-unsaturated/α-hetero) is 1. The van der Waals surface area contributed by atoms with Gasteiger partial charge in [0.25, 0.3) is 0 Å². The summed E-state index contributed by atoms with van der Waals surface area (Å²) in [5.41, 5.74) is 0. The second-order valence-electron chi connectivity index (χ2n) is 6.09. The quantitative estimate of drug-likeness (QED) is 0.559. The molecule has 19 heavy (non-hydrogen) atoms. The molecule has 1 unspecified atom stereocenters. The molecule has 0 radical (unpaired) electrons. The Hall–Kier alpha value is -0.370. The van der Waals surface area contributed by atoms with Crippen molar-refractivity contribution in [3.63, 3.8) is 0 Å². The minimum atomic E-state index is 0.322. The van der Waals surface area contributed by atoms with E-state index in [4.69, 9.17) is 0 Å². The van der Waals surface area contributed by atoms with Gasteiger partial charge >= 0.3 is 0 Å². The molecule has 1 heterocycles. The largest absolute Gasteiger partial charge is 0.316 e. The third-order valence-corrected chi connectivity index (χ3v) is 4.30. The molecule has 1 rings (SSSR count). The van der Waals surface area contributed by atoms with Crippen LogP contribution >= 0.6 is 0 Å². The van der Waals surface area contributed by atoms with Gasteiger partial charge < -0.3 is 5.32 Å². The van der Waals surface area contributed by atoms with Gasteiger partial charge in [0.15, 0.2) is 0 Å². The van der Waals surface area contributed by atoms with Gasteiger partial charge in [-0.15, -0.1) is 0 Å². The van der Waals surface area contributed by atoms with E-state index >= 15 is 0 Å². The van der Waals surface area contributed by atoms with E-state index in [1.54, 1.807) is 0 Å². The predicted octanol–water partition coefficient (Wildman–Crippen LogP) is 4.48. The molecule has 112 valence electrons. The van der Waals surface area contributed by atoms with Crippen LogP contribution in [0.3, 0.4) is 0 Å². The average Bonchev–Trinajstić information content (AvgIpc) is 2.43. The van der Waals surface area contributed by atoms with E-state index in [1.165, 1.54) is 64.2 Å². The summed E-state index contributed by atoms with van der Waals surface area (Å²) in [4.78, 5) is 11.6. The van der Waals surface area contributed by atoms with Crippen molar-refractivity contribution in [1.29, 1.82) is 0 Å². The third kappa shape index (κ3) is 8.41. The van der Waals surface area contributed by atoms with Crippen molar-refractivity contribution in [1.82, 2.24) is 5.32 Å². The first-order valence-electron chi connectivity index (χ1n) is 8.58. The van der Waals surface area contributed by atoms with Gasteiger partial charge in [-0.05, 0) is 6.42 Å². The number of carbonyl (C=O) groups is 1. The molecule has 0 bridgehead atoms. The first-order chi connectivity index (χ1) is 9.34. The highest BCUT2D eigenvalue weighted by atomic mass is 16.1. The van der Waals surface area contributed by atoms with Crippen molar-refractivity contribution in [2.45, 2.75) is 84.0 Å². The van der Waals surface area contributed by atoms with E-state index in [1.807, 2.05) is 0 Å². The van der Waals surface area contributed by atoms with Crippen LogP contribution < -0.4 is 5.32 Å². The lowest BCUT2D eigenvalue weighted by Crippen LogP contribution is -2.36. The molecule has 0 aromatic rings. The maximum atomic E-state index is 11.6. The van der Waals surface area contributed by atoms with Gasteiger partial charge in [-0.1, -0.05) is 71.1 Å². The number of hydrogen-bond acceptors (Lipinski definition) is 2. The van der Waals surface area contributed by atoms with Crippen LogP contribution in [0.4, 0.5) is 0 Å². The highest BCUT2D eigenvalue weighted by Gasteiger charge is 2.20. The molecular formula is C17H33NO. The molecule has 1 atom stereocenters. The number of rotatable bonds is 11. The summed E-state index contributed by atoms with van der Waals surface area (Å²) in [6, 6.07) is 0. The highest BCUT2D eigenvalue weighted by Crippen LogP contribution is 2.16. The number of piperidine rings is 1. The summed E-state index contributed by atoms with van der Waals surface area (Å²) >= 11 is 0. The van der Waals surface area contributed by atoms with Crippen LogP contribution in [-0.4, -0.2) is 18.9 Å². The molecule has 0 aromatic heterocycles. The second kappa shape index (κ2) is 11.5. The minimum absolute atomic E-state index is 0.322. The summed E-state index contributed by atoms with van der Waals surface area (Å²) in [7, 11) is 0. The molecular weight excluding hydrogens is 234 g/mol. The molecule has 0 saturated carbocycles. The molecule has 0 aliphatic carbocycles. The van der Waals surface area contributed by atoms with Crippen LogP contribution in [0.2, 0.25) is 0 Å². The van der Waals surface area contributed by atoms with Crippen molar-refractivity contribution < 1.29 is 4.79 Å². The van der Waals surface area contributed by atoms with Gasteiger partial charge in [0.1, 0.15) is 5.78 Å². The van der Waals surface area contributed by atoms with E-state index in [0.29, 0.717) is 11.7 Å². The lowest BCUT2D eigenvalue weighted by atomic mass is 9.92. The zero-order valence-electron chi connectivity index (χ0n) is 12.9. The first-order valence-corrected chi connectivity index (χ1v) is 8.58. The van der Waals surface area contributed by atoms with Crippen molar-refractivity contribution in [3.8, 4) is 0 Å². The molecule has 0 aromatic carbocycles. The molecule has 1 aliphatic heterocycles. The Morgan fingerprint density at radius 3 is 2.11 bits per heavy atom. The summed E-state index contributed by atoms with van der Waals surface area (Å²) in [6.07, 6.45) is 15.6. The average molecular weight is 267 g/mol. The van der Waals surface area contributed by atoms with Gasteiger partial charge in [0, 0.05) is 25.4 Å². The topological polar surface area (TPSA) is 29.1 Å². The monoisotopic (exact) mass is 267 g/mol.